The number of aryl methyl sites for hydroxylation is 1. The molecule has 0 atom stereocenters. The van der Waals surface area contributed by atoms with Gasteiger partial charge in [-0.15, -0.1) is 0 Å². The lowest BCUT2D eigenvalue weighted by Crippen LogP contribution is -2.34. The lowest BCUT2D eigenvalue weighted by Gasteiger charge is -2.15. The Hall–Kier alpha value is -3.19. The van der Waals surface area contributed by atoms with Crippen molar-refractivity contribution in [3.05, 3.63) is 76.4 Å². The molecule has 7 heteroatoms. The third-order valence-electron chi connectivity index (χ3n) is 4.29. The number of aromatic nitrogens is 1. The molecule has 1 heterocycles. The summed E-state index contributed by atoms with van der Waals surface area (Å²) in [5, 5.41) is 8.39. The van der Waals surface area contributed by atoms with Crippen molar-refractivity contribution < 1.29 is 9.59 Å². The van der Waals surface area contributed by atoms with Crippen molar-refractivity contribution in [3.63, 3.8) is 0 Å². The minimum atomic E-state index is -0.331. The highest BCUT2D eigenvalue weighted by Crippen LogP contribution is 2.25. The van der Waals surface area contributed by atoms with Gasteiger partial charge < -0.3 is 16.0 Å². The van der Waals surface area contributed by atoms with Crippen molar-refractivity contribution in [1.29, 1.82) is 0 Å². The molecule has 0 aliphatic carbocycles. The van der Waals surface area contributed by atoms with Gasteiger partial charge in [0.25, 0.3) is 5.91 Å². The van der Waals surface area contributed by atoms with Crippen LogP contribution in [0.25, 0.3) is 11.3 Å². The second-order valence-corrected chi connectivity index (χ2v) is 8.01. The number of amides is 3. The molecule has 0 radical (unpaired) electrons. The molecule has 1 aromatic heterocycles. The van der Waals surface area contributed by atoms with Crippen molar-refractivity contribution in [2.75, 3.05) is 10.6 Å². The maximum atomic E-state index is 12.9. The SMILES string of the molecule is Cc1nc(-c2cccc(Br)c2)ccc1C(=O)Nc1ccccc1NC(=O)NC(C)C. The van der Waals surface area contributed by atoms with Crippen LogP contribution in [0, 0.1) is 6.92 Å². The van der Waals surface area contributed by atoms with Crippen LogP contribution in [0.1, 0.15) is 29.9 Å². The predicted molar refractivity (Wildman–Crippen MR) is 124 cm³/mol. The van der Waals surface area contributed by atoms with Crippen LogP contribution in [0.3, 0.4) is 0 Å². The van der Waals surface area contributed by atoms with Crippen LogP contribution in [0.2, 0.25) is 0 Å². The van der Waals surface area contributed by atoms with Gasteiger partial charge in [-0.25, -0.2) is 4.79 Å². The lowest BCUT2D eigenvalue weighted by molar-refractivity contribution is 0.102. The minimum absolute atomic E-state index is 0.00392. The summed E-state index contributed by atoms with van der Waals surface area (Å²) in [6.07, 6.45) is 0. The highest BCUT2D eigenvalue weighted by atomic mass is 79.9. The van der Waals surface area contributed by atoms with Crippen molar-refractivity contribution in [3.8, 4) is 11.3 Å². The molecule has 0 aliphatic heterocycles. The van der Waals surface area contributed by atoms with E-state index in [4.69, 9.17) is 0 Å². The van der Waals surface area contributed by atoms with E-state index in [0.717, 1.165) is 15.7 Å². The van der Waals surface area contributed by atoms with E-state index in [1.54, 1.807) is 37.3 Å². The molecule has 3 rings (SSSR count). The highest BCUT2D eigenvalue weighted by molar-refractivity contribution is 9.10. The Kier molecular flexibility index (Phi) is 6.84. The van der Waals surface area contributed by atoms with E-state index < -0.39 is 0 Å². The van der Waals surface area contributed by atoms with E-state index in [1.807, 2.05) is 44.2 Å². The quantitative estimate of drug-likeness (QED) is 0.457. The zero-order chi connectivity index (χ0) is 21.7. The maximum absolute atomic E-state index is 12.9. The second-order valence-electron chi connectivity index (χ2n) is 7.09. The average molecular weight is 467 g/mol. The molecule has 6 nitrogen and oxygen atoms in total. The Bertz CT molecular complexity index is 1080. The number of halogens is 1. The molecule has 3 aromatic rings. The van der Waals surface area contributed by atoms with Gasteiger partial charge in [0.2, 0.25) is 0 Å². The molecule has 0 saturated heterocycles. The van der Waals surface area contributed by atoms with Crippen LogP contribution in [0.5, 0.6) is 0 Å². The van der Waals surface area contributed by atoms with E-state index in [1.165, 1.54) is 0 Å². The summed E-state index contributed by atoms with van der Waals surface area (Å²) in [4.78, 5) is 29.5. The molecular weight excluding hydrogens is 444 g/mol. The largest absolute Gasteiger partial charge is 0.336 e. The summed E-state index contributed by atoms with van der Waals surface area (Å²) < 4.78 is 0.965. The van der Waals surface area contributed by atoms with Gasteiger partial charge in [0.15, 0.2) is 0 Å². The van der Waals surface area contributed by atoms with Gasteiger partial charge in [0, 0.05) is 16.1 Å². The molecule has 0 saturated carbocycles. The number of pyridine rings is 1. The third kappa shape index (κ3) is 5.45. The Balaban J connectivity index is 1.79. The van der Waals surface area contributed by atoms with Crippen LogP contribution >= 0.6 is 15.9 Å². The van der Waals surface area contributed by atoms with Gasteiger partial charge in [-0.3, -0.25) is 9.78 Å². The molecule has 154 valence electrons. The standard InChI is InChI=1S/C23H23BrN4O2/c1-14(2)25-23(30)28-21-10-5-4-9-20(21)27-22(29)18-11-12-19(26-15(18)3)16-7-6-8-17(24)13-16/h4-14H,1-3H3,(H,27,29)(H2,25,28,30). The second kappa shape index (κ2) is 9.54. The third-order valence-corrected chi connectivity index (χ3v) is 4.79. The topological polar surface area (TPSA) is 83.1 Å². The molecule has 3 amide bonds. The first-order chi connectivity index (χ1) is 14.3. The number of urea groups is 1. The number of nitrogens with zero attached hydrogens (tertiary/aromatic N) is 1. The maximum Gasteiger partial charge on any atom is 0.319 e. The number of carbonyl (C=O) groups excluding carboxylic acids is 2. The van der Waals surface area contributed by atoms with E-state index in [0.29, 0.717) is 22.6 Å². The monoisotopic (exact) mass is 466 g/mol. The van der Waals surface area contributed by atoms with Gasteiger partial charge in [-0.1, -0.05) is 40.2 Å². The van der Waals surface area contributed by atoms with Crippen LogP contribution in [0.4, 0.5) is 16.2 Å². The fraction of sp³-hybridized carbons (Fsp3) is 0.174. The van der Waals surface area contributed by atoms with E-state index in [2.05, 4.69) is 36.9 Å². The molecule has 0 unspecified atom stereocenters. The number of rotatable bonds is 5. The first kappa shape index (κ1) is 21.5. The molecule has 0 spiro atoms. The van der Waals surface area contributed by atoms with Gasteiger partial charge in [0.1, 0.15) is 0 Å². The number of anilines is 2. The molecule has 0 fully saturated rings. The Morgan fingerprint density at radius 2 is 1.63 bits per heavy atom. The zero-order valence-electron chi connectivity index (χ0n) is 17.0. The van der Waals surface area contributed by atoms with Gasteiger partial charge in [-0.05, 0) is 57.2 Å². The number of hydrogen-bond acceptors (Lipinski definition) is 3. The van der Waals surface area contributed by atoms with E-state index in [9.17, 15) is 9.59 Å². The van der Waals surface area contributed by atoms with E-state index >= 15 is 0 Å². The van der Waals surface area contributed by atoms with Crippen LogP contribution in [-0.4, -0.2) is 23.0 Å². The van der Waals surface area contributed by atoms with E-state index in [-0.39, 0.29) is 18.0 Å². The Labute approximate surface area is 184 Å². The van der Waals surface area contributed by atoms with Gasteiger partial charge in [0.05, 0.1) is 28.3 Å². The number of para-hydroxylation sites is 2. The highest BCUT2D eigenvalue weighted by Gasteiger charge is 2.14. The molecule has 3 N–H and O–H groups in total. The molecule has 2 aromatic carbocycles. The lowest BCUT2D eigenvalue weighted by atomic mass is 10.1. The van der Waals surface area contributed by atoms with Crippen molar-refractivity contribution in [1.82, 2.24) is 10.3 Å². The summed E-state index contributed by atoms with van der Waals surface area (Å²) in [6, 6.07) is 18.1. The fourth-order valence-corrected chi connectivity index (χ4v) is 3.32. The van der Waals surface area contributed by atoms with Crippen molar-refractivity contribution in [2.24, 2.45) is 0 Å². The van der Waals surface area contributed by atoms with Crippen molar-refractivity contribution in [2.45, 2.75) is 26.8 Å². The summed E-state index contributed by atoms with van der Waals surface area (Å²) in [7, 11) is 0. The number of hydrogen-bond donors (Lipinski definition) is 3. The number of benzene rings is 2. The minimum Gasteiger partial charge on any atom is -0.336 e. The molecule has 0 aliphatic rings. The summed E-state index contributed by atoms with van der Waals surface area (Å²) in [5.41, 5.74) is 3.86. The van der Waals surface area contributed by atoms with Crippen LogP contribution in [0.15, 0.2) is 65.1 Å². The summed E-state index contributed by atoms with van der Waals surface area (Å²) >= 11 is 3.46. The van der Waals surface area contributed by atoms with Crippen molar-refractivity contribution >= 4 is 39.2 Å². The fourth-order valence-electron chi connectivity index (χ4n) is 2.92. The molecule has 0 bridgehead atoms. The first-order valence-electron chi connectivity index (χ1n) is 9.55. The first-order valence-corrected chi connectivity index (χ1v) is 10.3. The van der Waals surface area contributed by atoms with Crippen LogP contribution in [-0.2, 0) is 0 Å². The van der Waals surface area contributed by atoms with Gasteiger partial charge >= 0.3 is 6.03 Å². The summed E-state index contributed by atoms with van der Waals surface area (Å²) in [5.74, 6) is -0.292. The molecular formula is C23H23BrN4O2. The zero-order valence-corrected chi connectivity index (χ0v) is 18.6. The average Bonchev–Trinajstić information content (AvgIpc) is 2.68. The Morgan fingerprint density at radius 3 is 2.27 bits per heavy atom. The van der Waals surface area contributed by atoms with Crippen LogP contribution < -0.4 is 16.0 Å². The summed E-state index contributed by atoms with van der Waals surface area (Å²) in [6.45, 7) is 5.55. The normalized spacial score (nSPS) is 10.6. The Morgan fingerprint density at radius 1 is 0.933 bits per heavy atom. The number of carbonyl (C=O) groups is 2. The smallest absolute Gasteiger partial charge is 0.319 e. The van der Waals surface area contributed by atoms with Gasteiger partial charge in [-0.2, -0.15) is 0 Å². The molecule has 30 heavy (non-hydrogen) atoms. The number of nitrogens with one attached hydrogen (secondary N) is 3. The predicted octanol–water partition coefficient (Wildman–Crippen LogP) is 5.60.